The molecule has 3 unspecified atom stereocenters. The summed E-state index contributed by atoms with van der Waals surface area (Å²) in [5.41, 5.74) is 2.30. The van der Waals surface area contributed by atoms with Crippen LogP contribution in [0.15, 0.2) is 18.3 Å². The third-order valence-electron chi connectivity index (χ3n) is 6.27. The minimum Gasteiger partial charge on any atom is -0.383 e. The number of amides is 1. The predicted octanol–water partition coefficient (Wildman–Crippen LogP) is 3.15. The summed E-state index contributed by atoms with van der Waals surface area (Å²) in [7, 11) is 1.70. The van der Waals surface area contributed by atoms with E-state index in [4.69, 9.17) is 4.74 Å². The van der Waals surface area contributed by atoms with Crippen molar-refractivity contribution in [3.63, 3.8) is 0 Å². The summed E-state index contributed by atoms with van der Waals surface area (Å²) in [6.45, 7) is 7.90. The molecular formula is C21H31N5O2. The van der Waals surface area contributed by atoms with Crippen LogP contribution in [0.4, 0.5) is 5.82 Å². The highest BCUT2D eigenvalue weighted by molar-refractivity contribution is 5.94. The van der Waals surface area contributed by atoms with Crippen LogP contribution in [0.5, 0.6) is 0 Å². The van der Waals surface area contributed by atoms with Crippen LogP contribution < -0.4 is 5.32 Å². The Hall–Kier alpha value is -2.15. The van der Waals surface area contributed by atoms with Gasteiger partial charge in [-0.3, -0.25) is 14.6 Å². The number of carbonyl (C=O) groups is 1. The number of aromatic amines is 1. The molecule has 152 valence electrons. The summed E-state index contributed by atoms with van der Waals surface area (Å²) in [5, 5.41) is 14.9. The number of nitrogens with one attached hydrogen (secondary N) is 2. The zero-order valence-electron chi connectivity index (χ0n) is 17.3. The van der Waals surface area contributed by atoms with Gasteiger partial charge in [0, 0.05) is 36.2 Å². The zero-order chi connectivity index (χ0) is 19.9. The number of hydrogen-bond acceptors (Lipinski definition) is 4. The molecular weight excluding hydrogens is 354 g/mol. The molecule has 0 aromatic carbocycles. The van der Waals surface area contributed by atoms with E-state index in [1.807, 2.05) is 16.9 Å². The first-order valence-corrected chi connectivity index (χ1v) is 10.2. The van der Waals surface area contributed by atoms with Crippen LogP contribution in [0.1, 0.15) is 51.4 Å². The summed E-state index contributed by atoms with van der Waals surface area (Å²) in [6.07, 6.45) is 5.95. The van der Waals surface area contributed by atoms with Crippen molar-refractivity contribution < 1.29 is 9.53 Å². The molecule has 3 aliphatic rings. The van der Waals surface area contributed by atoms with Gasteiger partial charge in [-0.1, -0.05) is 20.8 Å². The standard InChI is InChI=1S/C21H31N5O2/c1-20(2,3)13-15-11-17(25-24-15)23-19(27)18-14-5-7-21(18,12-14)16-6-8-22-26(16)9-10-28-4/h6,8,11,14,18H,5,7,9-10,12-13H2,1-4H3,(H2,23,24,25,27). The van der Waals surface area contributed by atoms with Gasteiger partial charge < -0.3 is 10.1 Å². The van der Waals surface area contributed by atoms with Gasteiger partial charge in [-0.2, -0.15) is 10.2 Å². The Morgan fingerprint density at radius 1 is 1.46 bits per heavy atom. The first-order valence-electron chi connectivity index (χ1n) is 10.2. The molecule has 2 N–H and O–H groups in total. The summed E-state index contributed by atoms with van der Waals surface area (Å²) >= 11 is 0. The minimum atomic E-state index is -0.0937. The van der Waals surface area contributed by atoms with Crippen molar-refractivity contribution in [1.29, 1.82) is 0 Å². The molecule has 2 aromatic rings. The van der Waals surface area contributed by atoms with Gasteiger partial charge in [0.25, 0.3) is 0 Å². The van der Waals surface area contributed by atoms with E-state index in [1.54, 1.807) is 7.11 Å². The Balaban J connectivity index is 1.49. The van der Waals surface area contributed by atoms with Gasteiger partial charge in [0.1, 0.15) is 0 Å². The van der Waals surface area contributed by atoms with Gasteiger partial charge in [-0.05, 0) is 43.1 Å². The highest BCUT2D eigenvalue weighted by Gasteiger charge is 2.63. The average Bonchev–Trinajstić information content (AvgIpc) is 3.34. The van der Waals surface area contributed by atoms with E-state index in [0.717, 1.165) is 37.9 Å². The molecule has 1 amide bonds. The quantitative estimate of drug-likeness (QED) is 0.767. The van der Waals surface area contributed by atoms with Crippen LogP contribution in [0.3, 0.4) is 0 Å². The highest BCUT2D eigenvalue weighted by Crippen LogP contribution is 2.64. The molecule has 0 saturated heterocycles. The molecule has 3 fully saturated rings. The number of H-pyrrole nitrogens is 1. The second kappa shape index (κ2) is 7.03. The Bertz CT molecular complexity index is 845. The maximum Gasteiger partial charge on any atom is 0.229 e. The molecule has 28 heavy (non-hydrogen) atoms. The third kappa shape index (κ3) is 3.36. The first-order chi connectivity index (χ1) is 13.3. The highest BCUT2D eigenvalue weighted by atomic mass is 16.5. The summed E-state index contributed by atoms with van der Waals surface area (Å²) < 4.78 is 7.23. The molecule has 2 heterocycles. The molecule has 7 nitrogen and oxygen atoms in total. The number of rotatable bonds is 7. The van der Waals surface area contributed by atoms with Crippen molar-refractivity contribution in [2.24, 2.45) is 17.3 Å². The van der Waals surface area contributed by atoms with Crippen molar-refractivity contribution in [1.82, 2.24) is 20.0 Å². The monoisotopic (exact) mass is 385 g/mol. The minimum absolute atomic E-state index is 0.00624. The van der Waals surface area contributed by atoms with Crippen LogP contribution in [0, 0.1) is 17.3 Å². The van der Waals surface area contributed by atoms with Crippen LogP contribution in [-0.2, 0) is 27.9 Å². The van der Waals surface area contributed by atoms with E-state index < -0.39 is 0 Å². The lowest BCUT2D eigenvalue weighted by Crippen LogP contribution is -2.51. The fourth-order valence-corrected chi connectivity index (χ4v) is 5.23. The Morgan fingerprint density at radius 3 is 3.00 bits per heavy atom. The van der Waals surface area contributed by atoms with E-state index in [9.17, 15) is 4.79 Å². The van der Waals surface area contributed by atoms with Gasteiger partial charge in [0.2, 0.25) is 5.91 Å². The summed E-state index contributed by atoms with van der Waals surface area (Å²) in [6, 6.07) is 4.03. The number of ether oxygens (including phenoxy) is 1. The van der Waals surface area contributed by atoms with Crippen molar-refractivity contribution in [3.05, 3.63) is 29.7 Å². The maximum absolute atomic E-state index is 13.2. The van der Waals surface area contributed by atoms with Gasteiger partial charge >= 0.3 is 0 Å². The van der Waals surface area contributed by atoms with Crippen molar-refractivity contribution in [2.75, 3.05) is 19.0 Å². The zero-order valence-corrected chi connectivity index (χ0v) is 17.3. The first kappa shape index (κ1) is 19.2. The lowest BCUT2D eigenvalue weighted by Gasteiger charge is -2.46. The molecule has 7 heteroatoms. The molecule has 0 spiro atoms. The van der Waals surface area contributed by atoms with Crippen LogP contribution in [-0.4, -0.2) is 39.6 Å². The van der Waals surface area contributed by atoms with Crippen LogP contribution in [0.25, 0.3) is 0 Å². The fourth-order valence-electron chi connectivity index (χ4n) is 5.23. The van der Waals surface area contributed by atoms with Crippen molar-refractivity contribution in [3.8, 4) is 0 Å². The van der Waals surface area contributed by atoms with Gasteiger partial charge in [0.15, 0.2) is 5.82 Å². The van der Waals surface area contributed by atoms with E-state index in [2.05, 4.69) is 47.5 Å². The number of hydrogen-bond donors (Lipinski definition) is 2. The molecule has 2 bridgehead atoms. The molecule has 0 aliphatic heterocycles. The smallest absolute Gasteiger partial charge is 0.229 e. The average molecular weight is 386 g/mol. The van der Waals surface area contributed by atoms with Crippen molar-refractivity contribution in [2.45, 2.75) is 58.4 Å². The van der Waals surface area contributed by atoms with Crippen LogP contribution in [0.2, 0.25) is 0 Å². The lowest BCUT2D eigenvalue weighted by molar-refractivity contribution is -0.127. The third-order valence-corrected chi connectivity index (χ3v) is 6.27. The Morgan fingerprint density at radius 2 is 2.29 bits per heavy atom. The number of fused-ring (bicyclic) bond motifs is 1. The molecule has 3 aliphatic carbocycles. The second-order valence-electron chi connectivity index (χ2n) is 9.57. The number of nitrogens with zero attached hydrogens (tertiary/aromatic N) is 3. The maximum atomic E-state index is 13.2. The van der Waals surface area contributed by atoms with E-state index >= 15 is 0 Å². The Kier molecular flexibility index (Phi) is 4.81. The molecule has 0 radical (unpaired) electrons. The normalized spacial score (nSPS) is 26.3. The number of aromatic nitrogens is 4. The fraction of sp³-hybridized carbons (Fsp3) is 0.667. The molecule has 3 saturated carbocycles. The summed E-state index contributed by atoms with van der Waals surface area (Å²) in [4.78, 5) is 13.2. The van der Waals surface area contributed by atoms with Gasteiger partial charge in [0.05, 0.1) is 19.1 Å². The van der Waals surface area contributed by atoms with Gasteiger partial charge in [-0.15, -0.1) is 0 Å². The SMILES string of the molecule is COCCn1nccc1C12CCC(C1)C2C(=O)Nc1cc(CC(C)(C)C)[nH]n1. The van der Waals surface area contributed by atoms with E-state index in [-0.39, 0.29) is 22.7 Å². The number of carbonyl (C=O) groups excluding carboxylic acids is 1. The largest absolute Gasteiger partial charge is 0.383 e. The number of methoxy groups -OCH3 is 1. The molecule has 2 aromatic heterocycles. The van der Waals surface area contributed by atoms with Crippen molar-refractivity contribution >= 4 is 11.7 Å². The predicted molar refractivity (Wildman–Crippen MR) is 107 cm³/mol. The van der Waals surface area contributed by atoms with E-state index in [0.29, 0.717) is 18.3 Å². The molecule has 5 rings (SSSR count). The summed E-state index contributed by atoms with van der Waals surface area (Å²) in [5.74, 6) is 1.16. The number of anilines is 1. The molecule has 3 atom stereocenters. The van der Waals surface area contributed by atoms with Crippen LogP contribution >= 0.6 is 0 Å². The lowest BCUT2D eigenvalue weighted by atomic mass is 9.58. The van der Waals surface area contributed by atoms with Gasteiger partial charge in [-0.25, -0.2) is 0 Å². The van der Waals surface area contributed by atoms with E-state index in [1.165, 1.54) is 5.69 Å². The Labute approximate surface area is 166 Å². The topological polar surface area (TPSA) is 84.8 Å². The second-order valence-corrected chi connectivity index (χ2v) is 9.57.